The molecule has 20 heavy (non-hydrogen) atoms. The summed E-state index contributed by atoms with van der Waals surface area (Å²) in [5, 5.41) is 3.23. The average Bonchev–Trinajstić information content (AvgIpc) is 2.78. The van der Waals surface area contributed by atoms with Crippen LogP contribution in [0.1, 0.15) is 30.2 Å². The van der Waals surface area contributed by atoms with Crippen molar-refractivity contribution < 1.29 is 8.42 Å². The van der Waals surface area contributed by atoms with Crippen LogP contribution in [-0.2, 0) is 16.6 Å². The first-order chi connectivity index (χ1) is 9.43. The predicted octanol–water partition coefficient (Wildman–Crippen LogP) is 2.75. The fourth-order valence-corrected chi connectivity index (χ4v) is 4.74. The zero-order valence-electron chi connectivity index (χ0n) is 12.5. The van der Waals surface area contributed by atoms with Gasteiger partial charge in [-0.25, -0.2) is 12.7 Å². The Morgan fingerprint density at radius 1 is 1.50 bits per heavy atom. The first-order valence-electron chi connectivity index (χ1n) is 6.80. The zero-order valence-corrected chi connectivity index (χ0v) is 14.1. The molecule has 0 aliphatic carbocycles. The molecular formula is C14H24N2O2S2. The predicted molar refractivity (Wildman–Crippen MR) is 85.7 cm³/mol. The van der Waals surface area contributed by atoms with E-state index >= 15 is 0 Å². The second-order valence-electron chi connectivity index (χ2n) is 4.71. The van der Waals surface area contributed by atoms with E-state index in [9.17, 15) is 8.42 Å². The number of sulfonamides is 1. The minimum atomic E-state index is -3.36. The summed E-state index contributed by atoms with van der Waals surface area (Å²) < 4.78 is 26.8. The lowest BCUT2D eigenvalue weighted by molar-refractivity contribution is 0.464. The molecule has 0 radical (unpaired) electrons. The molecule has 4 nitrogen and oxygen atoms in total. The van der Waals surface area contributed by atoms with Gasteiger partial charge < -0.3 is 5.32 Å². The number of unbranched alkanes of at least 4 members (excludes halogenated alkanes) is 1. The van der Waals surface area contributed by atoms with Crippen molar-refractivity contribution >= 4 is 21.4 Å². The molecule has 1 rings (SSSR count). The quantitative estimate of drug-likeness (QED) is 0.563. The van der Waals surface area contributed by atoms with Crippen LogP contribution in [0.15, 0.2) is 22.9 Å². The molecule has 114 valence electrons. The summed E-state index contributed by atoms with van der Waals surface area (Å²) in [6.07, 6.45) is 3.44. The molecule has 0 aliphatic heterocycles. The minimum absolute atomic E-state index is 0.434. The molecule has 1 aromatic rings. The molecule has 1 N–H and O–H groups in total. The molecule has 0 saturated heterocycles. The highest BCUT2D eigenvalue weighted by Gasteiger charge is 2.23. The van der Waals surface area contributed by atoms with Crippen molar-refractivity contribution in [2.24, 2.45) is 0 Å². The third kappa shape index (κ3) is 4.41. The van der Waals surface area contributed by atoms with Crippen molar-refractivity contribution in [3.8, 4) is 0 Å². The van der Waals surface area contributed by atoms with Gasteiger partial charge in [0.25, 0.3) is 10.0 Å². The van der Waals surface area contributed by atoms with E-state index in [0.29, 0.717) is 10.8 Å². The molecule has 0 amide bonds. The van der Waals surface area contributed by atoms with E-state index in [4.69, 9.17) is 0 Å². The molecule has 0 unspecified atom stereocenters. The maximum atomic E-state index is 12.5. The number of hydrogen-bond acceptors (Lipinski definition) is 4. The number of aryl methyl sites for hydroxylation is 1. The molecule has 0 aromatic carbocycles. The van der Waals surface area contributed by atoms with Crippen LogP contribution < -0.4 is 5.32 Å². The summed E-state index contributed by atoms with van der Waals surface area (Å²) >= 11 is 1.36. The van der Waals surface area contributed by atoms with Crippen LogP contribution in [0.25, 0.3) is 0 Å². The third-order valence-electron chi connectivity index (χ3n) is 3.08. The molecule has 0 atom stereocenters. The molecule has 0 spiro atoms. The zero-order chi connectivity index (χ0) is 15.2. The molecule has 6 heteroatoms. The van der Waals surface area contributed by atoms with Crippen LogP contribution >= 0.6 is 11.3 Å². The largest absolute Gasteiger partial charge is 0.312 e. The van der Waals surface area contributed by atoms with Crippen LogP contribution in [0.5, 0.6) is 0 Å². The van der Waals surface area contributed by atoms with Gasteiger partial charge >= 0.3 is 0 Å². The number of nitrogens with zero attached hydrogens (tertiary/aromatic N) is 1. The van der Waals surface area contributed by atoms with Gasteiger partial charge in [0, 0.05) is 25.0 Å². The molecule has 1 heterocycles. The van der Waals surface area contributed by atoms with Gasteiger partial charge in [-0.3, -0.25) is 0 Å². The molecule has 0 saturated carbocycles. The second-order valence-corrected chi connectivity index (χ2v) is 8.12. The molecule has 0 fully saturated rings. The van der Waals surface area contributed by atoms with Crippen LogP contribution in [0.4, 0.5) is 0 Å². The van der Waals surface area contributed by atoms with E-state index in [1.807, 2.05) is 19.9 Å². The van der Waals surface area contributed by atoms with Crippen molar-refractivity contribution in [3.05, 3.63) is 29.2 Å². The fourth-order valence-electron chi connectivity index (χ4n) is 1.76. The van der Waals surface area contributed by atoms with Gasteiger partial charge in [-0.1, -0.05) is 13.0 Å². The first kappa shape index (κ1) is 17.4. The van der Waals surface area contributed by atoms with E-state index in [1.165, 1.54) is 15.6 Å². The SMILES string of the molecule is C=CCCCN(C)S(=O)(=O)c1cc(C)c(CNCC)s1. The van der Waals surface area contributed by atoms with E-state index in [0.717, 1.165) is 36.4 Å². The van der Waals surface area contributed by atoms with Crippen molar-refractivity contribution in [1.29, 1.82) is 0 Å². The third-order valence-corrected chi connectivity index (χ3v) is 6.62. The standard InChI is InChI=1S/C14H24N2O2S2/c1-5-7-8-9-16(4)20(17,18)14-10-12(3)13(19-14)11-15-6-2/h5,10,15H,1,6-9,11H2,2-4H3. The highest BCUT2D eigenvalue weighted by molar-refractivity contribution is 7.91. The van der Waals surface area contributed by atoms with E-state index in [-0.39, 0.29) is 0 Å². The monoisotopic (exact) mass is 316 g/mol. The lowest BCUT2D eigenvalue weighted by atomic mass is 10.3. The van der Waals surface area contributed by atoms with Gasteiger partial charge in [-0.2, -0.15) is 0 Å². The topological polar surface area (TPSA) is 49.4 Å². The van der Waals surface area contributed by atoms with Crippen molar-refractivity contribution in [1.82, 2.24) is 9.62 Å². The summed E-state index contributed by atoms with van der Waals surface area (Å²) in [7, 11) is -1.72. The Kier molecular flexibility index (Phi) is 6.88. The summed E-state index contributed by atoms with van der Waals surface area (Å²) in [5.41, 5.74) is 1.04. The van der Waals surface area contributed by atoms with Crippen LogP contribution in [0.2, 0.25) is 0 Å². The maximum Gasteiger partial charge on any atom is 0.252 e. The Hall–Kier alpha value is -0.690. The van der Waals surface area contributed by atoms with Crippen molar-refractivity contribution in [2.45, 2.75) is 37.4 Å². The van der Waals surface area contributed by atoms with Crippen LogP contribution in [0, 0.1) is 6.92 Å². The van der Waals surface area contributed by atoms with Crippen molar-refractivity contribution in [2.75, 3.05) is 20.1 Å². The first-order valence-corrected chi connectivity index (χ1v) is 9.06. The Bertz CT molecular complexity index is 535. The van der Waals surface area contributed by atoms with Gasteiger partial charge in [0.05, 0.1) is 0 Å². The summed E-state index contributed by atoms with van der Waals surface area (Å²) in [6, 6.07) is 1.77. The highest BCUT2D eigenvalue weighted by atomic mass is 32.2. The maximum absolute atomic E-state index is 12.5. The fraction of sp³-hybridized carbons (Fsp3) is 0.571. The van der Waals surface area contributed by atoms with E-state index < -0.39 is 10.0 Å². The number of rotatable bonds is 9. The van der Waals surface area contributed by atoms with Crippen molar-refractivity contribution in [3.63, 3.8) is 0 Å². The van der Waals surface area contributed by atoms with E-state index in [2.05, 4.69) is 11.9 Å². The Morgan fingerprint density at radius 2 is 2.20 bits per heavy atom. The minimum Gasteiger partial charge on any atom is -0.312 e. The molecule has 1 aromatic heterocycles. The lowest BCUT2D eigenvalue weighted by Gasteiger charge is -2.15. The number of hydrogen-bond donors (Lipinski definition) is 1. The van der Waals surface area contributed by atoms with Gasteiger partial charge in [-0.05, 0) is 37.9 Å². The molecule has 0 bridgehead atoms. The lowest BCUT2D eigenvalue weighted by Crippen LogP contribution is -2.27. The second kappa shape index (κ2) is 7.93. The van der Waals surface area contributed by atoms with Gasteiger partial charge in [-0.15, -0.1) is 17.9 Å². The number of allylic oxidation sites excluding steroid dienone is 1. The van der Waals surface area contributed by atoms with Gasteiger partial charge in [0.2, 0.25) is 0 Å². The van der Waals surface area contributed by atoms with Gasteiger partial charge in [0.1, 0.15) is 4.21 Å². The van der Waals surface area contributed by atoms with Gasteiger partial charge in [0.15, 0.2) is 0 Å². The Morgan fingerprint density at radius 3 is 2.80 bits per heavy atom. The van der Waals surface area contributed by atoms with E-state index in [1.54, 1.807) is 13.1 Å². The normalized spacial score (nSPS) is 12.0. The Balaban J connectivity index is 2.83. The summed E-state index contributed by atoms with van der Waals surface area (Å²) in [6.45, 7) is 9.76. The summed E-state index contributed by atoms with van der Waals surface area (Å²) in [5.74, 6) is 0. The highest BCUT2D eigenvalue weighted by Crippen LogP contribution is 2.28. The van der Waals surface area contributed by atoms with Crippen LogP contribution in [0.3, 0.4) is 0 Å². The molecular weight excluding hydrogens is 292 g/mol. The smallest absolute Gasteiger partial charge is 0.252 e. The Labute approximate surface area is 126 Å². The summed E-state index contributed by atoms with van der Waals surface area (Å²) in [4.78, 5) is 1.09. The number of thiophene rings is 1. The molecule has 0 aliphatic rings. The average molecular weight is 316 g/mol. The van der Waals surface area contributed by atoms with Crippen LogP contribution in [-0.4, -0.2) is 32.9 Å². The number of nitrogens with one attached hydrogen (secondary N) is 1.